The summed E-state index contributed by atoms with van der Waals surface area (Å²) in [5, 5.41) is 6.27. The van der Waals surface area contributed by atoms with Gasteiger partial charge in [-0.25, -0.2) is 0 Å². The van der Waals surface area contributed by atoms with Gasteiger partial charge in [0.15, 0.2) is 5.78 Å². The molecule has 2 rings (SSSR count). The van der Waals surface area contributed by atoms with Crippen LogP contribution in [0.5, 0.6) is 0 Å². The zero-order valence-corrected chi connectivity index (χ0v) is 15.5. The molecule has 0 unspecified atom stereocenters. The Morgan fingerprint density at radius 2 is 1.92 bits per heavy atom. The number of hydrogen-bond acceptors (Lipinski definition) is 3. The van der Waals surface area contributed by atoms with Crippen molar-refractivity contribution in [3.8, 4) is 0 Å². The predicted octanol–water partition coefficient (Wildman–Crippen LogP) is 3.14. The van der Waals surface area contributed by atoms with Crippen molar-refractivity contribution in [2.45, 2.75) is 52.0 Å². The zero-order chi connectivity index (χ0) is 16.7. The first-order valence-electron chi connectivity index (χ1n) is 8.67. The number of hydrogen-bond donors (Lipinski definition) is 2. The number of nitrogens with one attached hydrogen (secondary N) is 2. The molecule has 0 aromatic heterocycles. The van der Waals surface area contributed by atoms with Gasteiger partial charge in [-0.05, 0) is 37.3 Å². The minimum Gasteiger partial charge on any atom is -0.352 e. The van der Waals surface area contributed by atoms with E-state index in [1.54, 1.807) is 0 Å². The van der Waals surface area contributed by atoms with Crippen LogP contribution in [0.2, 0.25) is 0 Å². The topological polar surface area (TPSA) is 58.2 Å². The Morgan fingerprint density at radius 3 is 2.50 bits per heavy atom. The van der Waals surface area contributed by atoms with Crippen LogP contribution in [0, 0.1) is 5.92 Å². The molecule has 0 spiro atoms. The maximum atomic E-state index is 12.2. The van der Waals surface area contributed by atoms with Crippen LogP contribution >= 0.6 is 12.4 Å². The van der Waals surface area contributed by atoms with Gasteiger partial charge in [0.2, 0.25) is 5.91 Å². The van der Waals surface area contributed by atoms with E-state index < -0.39 is 0 Å². The van der Waals surface area contributed by atoms with Crippen LogP contribution in [-0.4, -0.2) is 30.8 Å². The lowest BCUT2D eigenvalue weighted by molar-refractivity contribution is -0.121. The molecule has 1 heterocycles. The summed E-state index contributed by atoms with van der Waals surface area (Å²) in [6, 6.07) is 8.00. The molecule has 0 radical (unpaired) electrons. The lowest BCUT2D eigenvalue weighted by Crippen LogP contribution is -2.45. The molecule has 5 heteroatoms. The van der Waals surface area contributed by atoms with Gasteiger partial charge >= 0.3 is 0 Å². The fourth-order valence-corrected chi connectivity index (χ4v) is 2.94. The molecule has 134 valence electrons. The van der Waals surface area contributed by atoms with Crippen molar-refractivity contribution in [1.82, 2.24) is 10.6 Å². The van der Waals surface area contributed by atoms with Crippen LogP contribution in [0.4, 0.5) is 0 Å². The fraction of sp³-hybridized carbons (Fsp3) is 0.579. The van der Waals surface area contributed by atoms with E-state index in [9.17, 15) is 9.59 Å². The molecule has 1 atom stereocenters. The van der Waals surface area contributed by atoms with E-state index in [1.165, 1.54) is 5.56 Å². The van der Waals surface area contributed by atoms with Crippen LogP contribution in [0.1, 0.15) is 55.5 Å². The normalized spacial score (nSPS) is 17.2. The second kappa shape index (κ2) is 10.5. The standard InChI is InChI=1S/C19H28N2O2.ClH/c1-14(2)12-15-5-7-16(8-6-15)18(22)9-10-19(23)21-17-4-3-11-20-13-17;/h5-8,14,17,20H,3-4,9-13H2,1-2H3,(H,21,23);1H/t17-;/m0./s1. The highest BCUT2D eigenvalue weighted by Gasteiger charge is 2.16. The number of rotatable bonds is 7. The highest BCUT2D eigenvalue weighted by molar-refractivity contribution is 5.98. The molecule has 0 aliphatic carbocycles. The minimum atomic E-state index is -0.0246. The van der Waals surface area contributed by atoms with Crippen molar-refractivity contribution < 1.29 is 9.59 Å². The molecule has 1 aromatic carbocycles. The third-order valence-electron chi connectivity index (χ3n) is 4.16. The van der Waals surface area contributed by atoms with Crippen molar-refractivity contribution in [3.63, 3.8) is 0 Å². The summed E-state index contributed by atoms with van der Waals surface area (Å²) in [5.74, 6) is 0.621. The Balaban J connectivity index is 0.00000288. The van der Waals surface area contributed by atoms with E-state index in [-0.39, 0.29) is 43.0 Å². The lowest BCUT2D eigenvalue weighted by Gasteiger charge is -2.23. The first-order valence-corrected chi connectivity index (χ1v) is 8.67. The fourth-order valence-electron chi connectivity index (χ4n) is 2.94. The van der Waals surface area contributed by atoms with Gasteiger partial charge in [-0.2, -0.15) is 0 Å². The third-order valence-corrected chi connectivity index (χ3v) is 4.16. The average Bonchev–Trinajstić information content (AvgIpc) is 2.54. The van der Waals surface area contributed by atoms with Gasteiger partial charge in [0.1, 0.15) is 0 Å². The summed E-state index contributed by atoms with van der Waals surface area (Å²) < 4.78 is 0. The molecular weight excluding hydrogens is 324 g/mol. The van der Waals surface area contributed by atoms with Crippen LogP contribution < -0.4 is 10.6 Å². The highest BCUT2D eigenvalue weighted by atomic mass is 35.5. The largest absolute Gasteiger partial charge is 0.352 e. The molecule has 1 saturated heterocycles. The van der Waals surface area contributed by atoms with Crippen molar-refractivity contribution in [3.05, 3.63) is 35.4 Å². The number of halogens is 1. The second-order valence-electron chi connectivity index (χ2n) is 6.83. The number of carbonyl (C=O) groups is 2. The molecule has 0 saturated carbocycles. The Kier molecular flexibility index (Phi) is 9.01. The summed E-state index contributed by atoms with van der Waals surface area (Å²) in [4.78, 5) is 24.1. The smallest absolute Gasteiger partial charge is 0.220 e. The number of piperidine rings is 1. The van der Waals surface area contributed by atoms with Gasteiger partial charge in [0.05, 0.1) is 0 Å². The monoisotopic (exact) mass is 352 g/mol. The summed E-state index contributed by atoms with van der Waals surface area (Å²) in [5.41, 5.74) is 1.95. The molecule has 0 bridgehead atoms. The molecule has 1 aliphatic rings. The van der Waals surface area contributed by atoms with Crippen molar-refractivity contribution in [1.29, 1.82) is 0 Å². The van der Waals surface area contributed by atoms with Gasteiger partial charge < -0.3 is 10.6 Å². The Bertz CT molecular complexity index is 523. The molecule has 24 heavy (non-hydrogen) atoms. The van der Waals surface area contributed by atoms with Gasteiger partial charge in [-0.15, -0.1) is 12.4 Å². The summed E-state index contributed by atoms with van der Waals surface area (Å²) in [6.45, 7) is 6.22. The Labute approximate surface area is 151 Å². The van der Waals surface area contributed by atoms with Crippen LogP contribution in [0.15, 0.2) is 24.3 Å². The highest BCUT2D eigenvalue weighted by Crippen LogP contribution is 2.12. The number of Topliss-reactive ketones (excluding diaryl/α,β-unsaturated/α-hetero) is 1. The van der Waals surface area contributed by atoms with Crippen LogP contribution in [-0.2, 0) is 11.2 Å². The molecule has 2 N–H and O–H groups in total. The van der Waals surface area contributed by atoms with E-state index in [0.717, 1.165) is 32.4 Å². The van der Waals surface area contributed by atoms with Crippen LogP contribution in [0.3, 0.4) is 0 Å². The van der Waals surface area contributed by atoms with E-state index in [0.29, 0.717) is 11.5 Å². The number of ketones is 1. The quantitative estimate of drug-likeness (QED) is 0.741. The van der Waals surface area contributed by atoms with Gasteiger partial charge in [0, 0.05) is 31.0 Å². The van der Waals surface area contributed by atoms with E-state index >= 15 is 0 Å². The summed E-state index contributed by atoms with van der Waals surface area (Å²) in [6.07, 6.45) is 3.67. The number of benzene rings is 1. The third kappa shape index (κ3) is 7.02. The predicted molar refractivity (Wildman–Crippen MR) is 99.8 cm³/mol. The molecular formula is C19H29ClN2O2. The maximum Gasteiger partial charge on any atom is 0.220 e. The Morgan fingerprint density at radius 1 is 1.21 bits per heavy atom. The minimum absolute atomic E-state index is 0. The molecule has 1 amide bonds. The summed E-state index contributed by atoms with van der Waals surface area (Å²) in [7, 11) is 0. The van der Waals surface area contributed by atoms with Crippen molar-refractivity contribution in [2.24, 2.45) is 5.92 Å². The van der Waals surface area contributed by atoms with Crippen LogP contribution in [0.25, 0.3) is 0 Å². The first-order chi connectivity index (χ1) is 11.0. The molecule has 4 nitrogen and oxygen atoms in total. The maximum absolute atomic E-state index is 12.2. The van der Waals surface area contributed by atoms with Crippen molar-refractivity contribution in [2.75, 3.05) is 13.1 Å². The number of carbonyl (C=O) groups excluding carboxylic acids is 2. The van der Waals surface area contributed by atoms with Gasteiger partial charge in [-0.3, -0.25) is 9.59 Å². The van der Waals surface area contributed by atoms with Crippen molar-refractivity contribution >= 4 is 24.1 Å². The summed E-state index contributed by atoms with van der Waals surface area (Å²) >= 11 is 0. The molecule has 1 aliphatic heterocycles. The molecule has 1 aromatic rings. The lowest BCUT2D eigenvalue weighted by atomic mass is 9.99. The SMILES string of the molecule is CC(C)Cc1ccc(C(=O)CCC(=O)N[C@H]2CCCNC2)cc1.Cl. The van der Waals surface area contributed by atoms with E-state index in [1.807, 2.05) is 24.3 Å². The number of amides is 1. The van der Waals surface area contributed by atoms with E-state index in [2.05, 4.69) is 24.5 Å². The average molecular weight is 353 g/mol. The Hall–Kier alpha value is -1.39. The first kappa shape index (κ1) is 20.7. The zero-order valence-electron chi connectivity index (χ0n) is 14.6. The second-order valence-corrected chi connectivity index (χ2v) is 6.83. The van der Waals surface area contributed by atoms with Gasteiger partial charge in [0.25, 0.3) is 0 Å². The van der Waals surface area contributed by atoms with E-state index in [4.69, 9.17) is 0 Å². The molecule has 1 fully saturated rings. The van der Waals surface area contributed by atoms with Gasteiger partial charge in [-0.1, -0.05) is 38.1 Å².